The number of hydrogen-bond acceptors (Lipinski definition) is 5. The van der Waals surface area contributed by atoms with E-state index in [2.05, 4.69) is 10.7 Å². The number of benzene rings is 1. The van der Waals surface area contributed by atoms with Gasteiger partial charge in [0.15, 0.2) is 0 Å². The molecule has 1 aromatic carbocycles. The van der Waals surface area contributed by atoms with Crippen LogP contribution in [0.5, 0.6) is 0 Å². The molecular weight excluding hydrogens is 408 g/mol. The van der Waals surface area contributed by atoms with Crippen LogP contribution in [-0.4, -0.2) is 54.2 Å². The number of hydrazine groups is 1. The Morgan fingerprint density at radius 2 is 1.93 bits per heavy atom. The van der Waals surface area contributed by atoms with Crippen LogP contribution in [0.4, 0.5) is 4.79 Å². The van der Waals surface area contributed by atoms with Gasteiger partial charge in [0.05, 0.1) is 5.02 Å². The van der Waals surface area contributed by atoms with Crippen LogP contribution in [0.25, 0.3) is 0 Å². The maximum atomic E-state index is 12.8. The van der Waals surface area contributed by atoms with Crippen molar-refractivity contribution in [2.24, 2.45) is 0 Å². The fraction of sp³-hybridized carbons (Fsp3) is 0.471. The van der Waals surface area contributed by atoms with Crippen LogP contribution in [-0.2, 0) is 14.8 Å². The number of nitrogens with one attached hydrogen (secondary N) is 2. The molecule has 0 bridgehead atoms. The number of imide groups is 1. The Kier molecular flexibility index (Phi) is 5.39. The summed E-state index contributed by atoms with van der Waals surface area (Å²) in [5.74, 6) is -1.38. The average molecular weight is 429 g/mol. The van der Waals surface area contributed by atoms with E-state index in [1.165, 1.54) is 16.4 Å². The van der Waals surface area contributed by atoms with E-state index in [0.717, 1.165) is 18.9 Å². The number of carbonyl (C=O) groups is 3. The highest BCUT2D eigenvalue weighted by Gasteiger charge is 2.47. The molecule has 11 heteroatoms. The molecule has 1 atom stereocenters. The van der Waals surface area contributed by atoms with Crippen LogP contribution in [0.15, 0.2) is 23.1 Å². The first-order valence-electron chi connectivity index (χ1n) is 8.87. The molecule has 1 aromatic rings. The largest absolute Gasteiger partial charge is 0.344 e. The Balaban J connectivity index is 1.86. The highest BCUT2D eigenvalue weighted by Crippen LogP contribution is 2.28. The van der Waals surface area contributed by atoms with Gasteiger partial charge in [-0.2, -0.15) is 9.31 Å². The zero-order valence-electron chi connectivity index (χ0n) is 15.5. The zero-order chi connectivity index (χ0) is 20.7. The Morgan fingerprint density at radius 1 is 1.29 bits per heavy atom. The lowest BCUT2D eigenvalue weighted by molar-refractivity contribution is -0.132. The first kappa shape index (κ1) is 20.6. The molecule has 0 aliphatic carbocycles. The number of nitrogens with zero attached hydrogens (tertiary/aromatic N) is 2. The van der Waals surface area contributed by atoms with Gasteiger partial charge in [-0.25, -0.2) is 13.2 Å². The summed E-state index contributed by atoms with van der Waals surface area (Å²) in [5, 5.41) is 3.12. The fourth-order valence-corrected chi connectivity index (χ4v) is 5.12. The normalized spacial score (nSPS) is 23.2. The van der Waals surface area contributed by atoms with Crippen LogP contribution < -0.4 is 10.7 Å². The van der Waals surface area contributed by atoms with Crippen molar-refractivity contribution in [3.8, 4) is 0 Å². The van der Waals surface area contributed by atoms with Gasteiger partial charge in [-0.15, -0.1) is 0 Å². The molecule has 2 aliphatic heterocycles. The number of rotatable bonds is 5. The van der Waals surface area contributed by atoms with E-state index in [4.69, 9.17) is 11.6 Å². The Morgan fingerprint density at radius 3 is 2.50 bits per heavy atom. The summed E-state index contributed by atoms with van der Waals surface area (Å²) in [7, 11) is -3.84. The van der Waals surface area contributed by atoms with Gasteiger partial charge in [0.2, 0.25) is 10.0 Å². The van der Waals surface area contributed by atoms with Crippen LogP contribution in [0, 0.1) is 0 Å². The van der Waals surface area contributed by atoms with Gasteiger partial charge in [-0.1, -0.05) is 18.5 Å². The highest BCUT2D eigenvalue weighted by atomic mass is 35.5. The maximum Gasteiger partial charge on any atom is 0.344 e. The van der Waals surface area contributed by atoms with E-state index in [0.29, 0.717) is 24.5 Å². The molecule has 152 valence electrons. The van der Waals surface area contributed by atoms with E-state index >= 15 is 0 Å². The first-order valence-corrected chi connectivity index (χ1v) is 10.7. The van der Waals surface area contributed by atoms with E-state index in [-0.39, 0.29) is 15.5 Å². The van der Waals surface area contributed by atoms with E-state index in [1.54, 1.807) is 13.8 Å². The number of hydrogen-bond donors (Lipinski definition) is 2. The molecule has 0 radical (unpaired) electrons. The summed E-state index contributed by atoms with van der Waals surface area (Å²) < 4.78 is 26.9. The molecule has 3 rings (SSSR count). The van der Waals surface area contributed by atoms with Crippen molar-refractivity contribution >= 4 is 39.5 Å². The van der Waals surface area contributed by atoms with E-state index in [9.17, 15) is 22.8 Å². The topological polar surface area (TPSA) is 116 Å². The minimum Gasteiger partial charge on any atom is -0.322 e. The van der Waals surface area contributed by atoms with Gasteiger partial charge >= 0.3 is 6.03 Å². The van der Waals surface area contributed by atoms with Gasteiger partial charge in [-0.05, 0) is 44.4 Å². The predicted molar refractivity (Wildman–Crippen MR) is 101 cm³/mol. The maximum absolute atomic E-state index is 12.8. The van der Waals surface area contributed by atoms with Crippen LogP contribution >= 0.6 is 11.6 Å². The molecule has 0 spiro atoms. The van der Waals surface area contributed by atoms with Crippen molar-refractivity contribution in [3.63, 3.8) is 0 Å². The molecule has 2 aliphatic rings. The molecule has 2 fully saturated rings. The molecule has 2 heterocycles. The summed E-state index contributed by atoms with van der Waals surface area (Å²) in [4.78, 5) is 36.8. The Hall–Kier alpha value is -2.17. The lowest BCUT2D eigenvalue weighted by Gasteiger charge is -2.20. The molecule has 2 saturated heterocycles. The molecule has 2 N–H and O–H groups in total. The lowest BCUT2D eigenvalue weighted by Crippen LogP contribution is -2.48. The molecule has 0 saturated carbocycles. The fourth-order valence-electron chi connectivity index (χ4n) is 3.10. The molecule has 0 unspecified atom stereocenters. The van der Waals surface area contributed by atoms with Gasteiger partial charge in [-0.3, -0.25) is 15.0 Å². The lowest BCUT2D eigenvalue weighted by atomic mass is 10.00. The smallest absolute Gasteiger partial charge is 0.322 e. The second-order valence-electron chi connectivity index (χ2n) is 6.95. The van der Waals surface area contributed by atoms with Crippen LogP contribution in [0.2, 0.25) is 5.02 Å². The molecule has 4 amide bonds. The van der Waals surface area contributed by atoms with Crippen molar-refractivity contribution in [1.29, 1.82) is 0 Å². The minimum atomic E-state index is -3.84. The highest BCUT2D eigenvalue weighted by molar-refractivity contribution is 7.89. The van der Waals surface area contributed by atoms with Gasteiger partial charge in [0, 0.05) is 18.7 Å². The number of amides is 4. The zero-order valence-corrected chi connectivity index (χ0v) is 17.1. The molecule has 28 heavy (non-hydrogen) atoms. The third-order valence-corrected chi connectivity index (χ3v) is 7.44. The van der Waals surface area contributed by atoms with E-state index < -0.39 is 33.4 Å². The van der Waals surface area contributed by atoms with Crippen molar-refractivity contribution < 1.29 is 22.8 Å². The summed E-state index contributed by atoms with van der Waals surface area (Å²) in [6, 6.07) is 3.05. The summed E-state index contributed by atoms with van der Waals surface area (Å²) in [6.45, 7) is 4.08. The molecule has 0 aromatic heterocycles. The Bertz CT molecular complexity index is 945. The van der Waals surface area contributed by atoms with Crippen molar-refractivity contribution in [1.82, 2.24) is 20.1 Å². The summed E-state index contributed by atoms with van der Waals surface area (Å²) in [5.41, 5.74) is 1.10. The SMILES string of the molecule is CC[C@]1(C)NC(=O)N(NC(=O)c2ccc(Cl)c(S(=O)(=O)N3CCCC3)c2)C1=O. The molecular formula is C17H21ClN4O5S. The third-order valence-electron chi connectivity index (χ3n) is 5.06. The summed E-state index contributed by atoms with van der Waals surface area (Å²) >= 11 is 6.07. The second kappa shape index (κ2) is 7.34. The van der Waals surface area contributed by atoms with Gasteiger partial charge < -0.3 is 5.32 Å². The molecule has 9 nitrogen and oxygen atoms in total. The number of urea groups is 1. The van der Waals surface area contributed by atoms with Crippen LogP contribution in [0.1, 0.15) is 43.5 Å². The van der Waals surface area contributed by atoms with Crippen molar-refractivity contribution in [2.45, 2.75) is 43.5 Å². The number of sulfonamides is 1. The second-order valence-corrected chi connectivity index (χ2v) is 9.27. The third kappa shape index (κ3) is 3.47. The quantitative estimate of drug-likeness (QED) is 0.689. The van der Waals surface area contributed by atoms with Crippen LogP contribution in [0.3, 0.4) is 0 Å². The Labute approximate surface area is 168 Å². The first-order chi connectivity index (χ1) is 13.1. The monoisotopic (exact) mass is 428 g/mol. The summed E-state index contributed by atoms with van der Waals surface area (Å²) in [6.07, 6.45) is 1.88. The average Bonchev–Trinajstić information content (AvgIpc) is 3.26. The standard InChI is InChI=1S/C17H21ClN4O5S/c1-3-17(2)15(24)22(16(25)19-17)20-14(23)11-6-7-12(18)13(10-11)28(26,27)21-8-4-5-9-21/h6-7,10H,3-5,8-9H2,1-2H3,(H,19,25)(H,20,23)/t17-/m0/s1. The minimum absolute atomic E-state index is 0.00278. The van der Waals surface area contributed by atoms with E-state index in [1.807, 2.05) is 0 Å². The predicted octanol–water partition coefficient (Wildman–Crippen LogP) is 1.49. The van der Waals surface area contributed by atoms with Gasteiger partial charge in [0.25, 0.3) is 11.8 Å². The van der Waals surface area contributed by atoms with Gasteiger partial charge in [0.1, 0.15) is 10.4 Å². The number of halogens is 1. The van der Waals surface area contributed by atoms with Crippen molar-refractivity contribution in [2.75, 3.05) is 13.1 Å². The van der Waals surface area contributed by atoms with Crippen molar-refractivity contribution in [3.05, 3.63) is 28.8 Å². The number of carbonyl (C=O) groups excluding carboxylic acids is 3.